The number of piperazine rings is 1. The first-order chi connectivity index (χ1) is 17.2. The molecule has 3 aromatic carbocycles. The third-order valence-electron chi connectivity index (χ3n) is 7.82. The van der Waals surface area contributed by atoms with Crippen LogP contribution in [0, 0.1) is 0 Å². The largest absolute Gasteiger partial charge is 0.497 e. The lowest BCUT2D eigenvalue weighted by Gasteiger charge is -2.29. The van der Waals surface area contributed by atoms with Gasteiger partial charge in [-0.15, -0.1) is 0 Å². The van der Waals surface area contributed by atoms with Gasteiger partial charge < -0.3 is 20.3 Å². The first kappa shape index (κ1) is 20.5. The molecule has 1 saturated heterocycles. The van der Waals surface area contributed by atoms with Gasteiger partial charge in [0.1, 0.15) is 16.9 Å². The van der Waals surface area contributed by atoms with Crippen LogP contribution in [0.25, 0.3) is 22.2 Å². The van der Waals surface area contributed by atoms with Gasteiger partial charge in [-0.2, -0.15) is 5.10 Å². The summed E-state index contributed by atoms with van der Waals surface area (Å²) >= 11 is 0. The molecule has 1 spiro atoms. The van der Waals surface area contributed by atoms with E-state index in [4.69, 9.17) is 9.84 Å². The van der Waals surface area contributed by atoms with Gasteiger partial charge in [-0.1, -0.05) is 30.3 Å². The Labute approximate surface area is 203 Å². The maximum atomic E-state index is 13.2. The van der Waals surface area contributed by atoms with Crippen LogP contribution in [-0.2, 0) is 10.2 Å². The van der Waals surface area contributed by atoms with Gasteiger partial charge in [0.05, 0.1) is 18.7 Å². The van der Waals surface area contributed by atoms with Gasteiger partial charge in [-0.3, -0.25) is 9.48 Å². The maximum absolute atomic E-state index is 13.2. The van der Waals surface area contributed by atoms with Crippen LogP contribution < -0.4 is 20.3 Å². The summed E-state index contributed by atoms with van der Waals surface area (Å²) in [6, 6.07) is 22.8. The SMILES string of the molecule is COc1ccc2c(c1)[C@@]1(C[C@@H]1n1nc(-c3ccc(N4CCNCC4)cc3)c3ccccc31)C(=O)N2. The number of aromatic nitrogens is 2. The van der Waals surface area contributed by atoms with Gasteiger partial charge in [0.15, 0.2) is 0 Å². The number of nitrogens with zero attached hydrogens (tertiary/aromatic N) is 3. The van der Waals surface area contributed by atoms with E-state index in [1.807, 2.05) is 24.3 Å². The molecule has 2 aliphatic heterocycles. The van der Waals surface area contributed by atoms with Crippen LogP contribution in [0.15, 0.2) is 66.7 Å². The highest BCUT2D eigenvalue weighted by molar-refractivity contribution is 6.09. The minimum absolute atomic E-state index is 0.0328. The molecule has 7 heteroatoms. The van der Waals surface area contributed by atoms with Crippen LogP contribution in [0.3, 0.4) is 0 Å². The van der Waals surface area contributed by atoms with Gasteiger partial charge in [-0.25, -0.2) is 0 Å². The fraction of sp³-hybridized carbons (Fsp3) is 0.286. The molecule has 0 radical (unpaired) electrons. The fourth-order valence-electron chi connectivity index (χ4n) is 5.85. The van der Waals surface area contributed by atoms with Gasteiger partial charge in [0.2, 0.25) is 5.91 Å². The van der Waals surface area contributed by atoms with Crippen molar-refractivity contribution >= 4 is 28.2 Å². The van der Waals surface area contributed by atoms with Gasteiger partial charge >= 0.3 is 0 Å². The monoisotopic (exact) mass is 465 g/mol. The van der Waals surface area contributed by atoms with Gasteiger partial charge in [0.25, 0.3) is 0 Å². The number of hydrogen-bond donors (Lipinski definition) is 2. The summed E-state index contributed by atoms with van der Waals surface area (Å²) in [6.07, 6.45) is 0.728. The van der Waals surface area contributed by atoms with E-state index in [2.05, 4.69) is 62.7 Å². The van der Waals surface area contributed by atoms with Gasteiger partial charge in [0, 0.05) is 48.5 Å². The van der Waals surface area contributed by atoms with Crippen LogP contribution in [0.2, 0.25) is 0 Å². The van der Waals surface area contributed by atoms with Crippen molar-refractivity contribution in [2.45, 2.75) is 17.9 Å². The standard InChI is InChI=1S/C28H27N5O2/c1-35-20-10-11-23-22(16-20)28(27(34)30-23)17-25(28)33-24-5-3-2-4-21(24)26(31-33)18-6-8-19(9-7-18)32-14-12-29-13-15-32/h2-11,16,25,29H,12-15,17H2,1H3,(H,30,34)/t25-,28+/m0/s1. The number of nitrogens with one attached hydrogen (secondary N) is 2. The van der Waals surface area contributed by atoms with Crippen molar-refractivity contribution in [1.82, 2.24) is 15.1 Å². The van der Waals surface area contributed by atoms with Crippen molar-refractivity contribution < 1.29 is 9.53 Å². The van der Waals surface area contributed by atoms with Crippen molar-refractivity contribution in [3.05, 3.63) is 72.3 Å². The van der Waals surface area contributed by atoms with E-state index in [0.717, 1.165) is 71.8 Å². The molecule has 0 bridgehead atoms. The molecule has 1 amide bonds. The number of para-hydroxylation sites is 1. The molecule has 2 atom stereocenters. The highest BCUT2D eigenvalue weighted by Gasteiger charge is 2.66. The predicted molar refractivity (Wildman–Crippen MR) is 137 cm³/mol. The van der Waals surface area contributed by atoms with Crippen LogP contribution in [0.4, 0.5) is 11.4 Å². The summed E-state index contributed by atoms with van der Waals surface area (Å²) < 4.78 is 7.53. The van der Waals surface area contributed by atoms with E-state index >= 15 is 0 Å². The average Bonchev–Trinajstić information content (AvgIpc) is 3.46. The van der Waals surface area contributed by atoms with E-state index in [9.17, 15) is 4.79 Å². The first-order valence-electron chi connectivity index (χ1n) is 12.2. The maximum Gasteiger partial charge on any atom is 0.237 e. The number of anilines is 2. The third kappa shape index (κ3) is 3.01. The molecule has 1 aromatic heterocycles. The Balaban J connectivity index is 1.28. The topological polar surface area (TPSA) is 71.4 Å². The normalized spacial score (nSPS) is 22.9. The number of carbonyl (C=O) groups is 1. The number of methoxy groups -OCH3 is 1. The van der Waals surface area contributed by atoms with Crippen molar-refractivity contribution in [2.24, 2.45) is 0 Å². The number of rotatable bonds is 4. The van der Waals surface area contributed by atoms with E-state index in [0.29, 0.717) is 0 Å². The predicted octanol–water partition coefficient (Wildman–Crippen LogP) is 3.96. The molecule has 176 valence electrons. The summed E-state index contributed by atoms with van der Waals surface area (Å²) in [5.74, 6) is 0.813. The molecule has 7 rings (SSSR count). The summed E-state index contributed by atoms with van der Waals surface area (Å²) in [4.78, 5) is 15.6. The molecular formula is C28H27N5O2. The molecule has 7 nitrogen and oxygen atoms in total. The number of ether oxygens (including phenoxy) is 1. The highest BCUT2D eigenvalue weighted by Crippen LogP contribution is 2.63. The number of hydrogen-bond acceptors (Lipinski definition) is 5. The molecule has 1 saturated carbocycles. The van der Waals surface area contributed by atoms with Crippen molar-refractivity contribution in [2.75, 3.05) is 43.5 Å². The van der Waals surface area contributed by atoms with E-state index in [1.54, 1.807) is 7.11 Å². The minimum Gasteiger partial charge on any atom is -0.497 e. The lowest BCUT2D eigenvalue weighted by molar-refractivity contribution is -0.118. The second kappa shape index (κ2) is 7.58. The smallest absolute Gasteiger partial charge is 0.237 e. The third-order valence-corrected chi connectivity index (χ3v) is 7.82. The zero-order valence-electron chi connectivity index (χ0n) is 19.6. The second-order valence-electron chi connectivity index (χ2n) is 9.65. The zero-order valence-corrected chi connectivity index (χ0v) is 19.6. The summed E-state index contributed by atoms with van der Waals surface area (Å²) in [6.45, 7) is 4.08. The van der Waals surface area contributed by atoms with Crippen LogP contribution in [-0.4, -0.2) is 49.0 Å². The molecule has 2 fully saturated rings. The first-order valence-corrected chi connectivity index (χ1v) is 12.2. The molecule has 0 unspecified atom stereocenters. The van der Waals surface area contributed by atoms with Crippen molar-refractivity contribution in [3.63, 3.8) is 0 Å². The number of fused-ring (bicyclic) bond motifs is 3. The summed E-state index contributed by atoms with van der Waals surface area (Å²) in [5.41, 5.74) is 5.63. The van der Waals surface area contributed by atoms with Crippen molar-refractivity contribution in [1.29, 1.82) is 0 Å². The Bertz CT molecular complexity index is 1450. The van der Waals surface area contributed by atoms with E-state index < -0.39 is 5.41 Å². The van der Waals surface area contributed by atoms with E-state index in [-0.39, 0.29) is 11.9 Å². The number of amides is 1. The highest BCUT2D eigenvalue weighted by atomic mass is 16.5. The summed E-state index contributed by atoms with van der Waals surface area (Å²) in [5, 5.41) is 12.7. The molecule has 4 aromatic rings. The molecule has 2 N–H and O–H groups in total. The van der Waals surface area contributed by atoms with Crippen LogP contribution in [0.1, 0.15) is 18.0 Å². The summed E-state index contributed by atoms with van der Waals surface area (Å²) in [7, 11) is 1.66. The second-order valence-corrected chi connectivity index (χ2v) is 9.65. The quantitative estimate of drug-likeness (QED) is 0.478. The minimum atomic E-state index is -0.595. The fourth-order valence-corrected chi connectivity index (χ4v) is 5.85. The molecular weight excluding hydrogens is 438 g/mol. The Kier molecular flexibility index (Phi) is 4.45. The average molecular weight is 466 g/mol. The molecule has 1 aliphatic carbocycles. The molecule has 3 aliphatic rings. The zero-order chi connectivity index (χ0) is 23.6. The molecule has 3 heterocycles. The lowest BCUT2D eigenvalue weighted by atomic mass is 9.96. The number of benzene rings is 3. The Morgan fingerprint density at radius 2 is 1.83 bits per heavy atom. The Morgan fingerprint density at radius 3 is 2.63 bits per heavy atom. The van der Waals surface area contributed by atoms with Crippen LogP contribution in [0.5, 0.6) is 5.75 Å². The van der Waals surface area contributed by atoms with Gasteiger partial charge in [-0.05, 0) is 48.4 Å². The number of carbonyl (C=O) groups excluding carboxylic acids is 1. The Morgan fingerprint density at radius 1 is 1.03 bits per heavy atom. The van der Waals surface area contributed by atoms with E-state index in [1.165, 1.54) is 5.69 Å². The Hall–Kier alpha value is -3.84. The van der Waals surface area contributed by atoms with Crippen LogP contribution >= 0.6 is 0 Å². The lowest BCUT2D eigenvalue weighted by Crippen LogP contribution is -2.43. The molecule has 35 heavy (non-hydrogen) atoms. The van der Waals surface area contributed by atoms with Crippen molar-refractivity contribution in [3.8, 4) is 17.0 Å².